The summed E-state index contributed by atoms with van der Waals surface area (Å²) in [5.41, 5.74) is -0.833. The van der Waals surface area contributed by atoms with Gasteiger partial charge in [0.05, 0.1) is 5.01 Å². The summed E-state index contributed by atoms with van der Waals surface area (Å²) in [5, 5.41) is 7.32. The van der Waals surface area contributed by atoms with E-state index in [-0.39, 0.29) is 29.9 Å². The van der Waals surface area contributed by atoms with Crippen LogP contribution in [0.1, 0.15) is 30.0 Å². The van der Waals surface area contributed by atoms with Gasteiger partial charge in [-0.3, -0.25) is 9.79 Å². The maximum atomic E-state index is 12.6. The maximum Gasteiger partial charge on any atom is 0.434 e. The number of nitrogens with one attached hydrogen (secondary N) is 2. The average molecular weight is 519 g/mol. The first kappa shape index (κ1) is 23.9. The fourth-order valence-electron chi connectivity index (χ4n) is 2.88. The normalized spacial score (nSPS) is 16.0. The highest BCUT2D eigenvalue weighted by Gasteiger charge is 2.33. The number of alkyl halides is 3. The van der Waals surface area contributed by atoms with Gasteiger partial charge in [0.1, 0.15) is 0 Å². The van der Waals surface area contributed by atoms with Crippen LogP contribution in [0.25, 0.3) is 0 Å². The van der Waals surface area contributed by atoms with Gasteiger partial charge in [0.2, 0.25) is 5.91 Å². The Morgan fingerprint density at radius 1 is 1.41 bits per heavy atom. The lowest BCUT2D eigenvalue weighted by Gasteiger charge is -2.34. The van der Waals surface area contributed by atoms with Crippen LogP contribution < -0.4 is 10.6 Å². The van der Waals surface area contributed by atoms with Crippen LogP contribution in [-0.2, 0) is 17.4 Å². The fourth-order valence-corrected chi connectivity index (χ4v) is 3.69. The van der Waals surface area contributed by atoms with Gasteiger partial charge in [0.15, 0.2) is 11.7 Å². The van der Waals surface area contributed by atoms with Crippen molar-refractivity contribution in [3.05, 3.63) is 16.1 Å². The predicted molar refractivity (Wildman–Crippen MR) is 111 cm³/mol. The van der Waals surface area contributed by atoms with Crippen molar-refractivity contribution in [2.75, 3.05) is 33.7 Å². The van der Waals surface area contributed by atoms with Gasteiger partial charge >= 0.3 is 6.18 Å². The molecule has 1 aliphatic rings. The standard InChI is InChI=1S/C16H24F3N5OS.HI/c1-20-13(25)9-11-4-7-24(8-5-11)15(21-2)22-6-3-14-23-12(10-26-14)16(17,18)19;/h10-11H,3-9H2,1-2H3,(H,20,25)(H,21,22);1H. The minimum absolute atomic E-state index is 0. The van der Waals surface area contributed by atoms with Crippen molar-refractivity contribution in [3.8, 4) is 0 Å². The molecule has 1 amide bonds. The SMILES string of the molecule is CN=C(NCCc1nc(C(F)(F)F)cs1)N1CCC(CC(=O)NC)CC1.I. The number of amides is 1. The average Bonchev–Trinajstić information content (AvgIpc) is 3.09. The van der Waals surface area contributed by atoms with E-state index in [1.165, 1.54) is 0 Å². The maximum absolute atomic E-state index is 12.6. The Morgan fingerprint density at radius 3 is 2.59 bits per heavy atom. The number of hydrogen-bond donors (Lipinski definition) is 2. The molecule has 6 nitrogen and oxygen atoms in total. The van der Waals surface area contributed by atoms with Crippen LogP contribution in [0.2, 0.25) is 0 Å². The molecule has 0 saturated carbocycles. The van der Waals surface area contributed by atoms with Crippen LogP contribution in [0.5, 0.6) is 0 Å². The first-order chi connectivity index (χ1) is 12.3. The van der Waals surface area contributed by atoms with Gasteiger partial charge in [-0.25, -0.2) is 4.98 Å². The van der Waals surface area contributed by atoms with E-state index in [0.29, 0.717) is 30.3 Å². The molecular weight excluding hydrogens is 494 g/mol. The van der Waals surface area contributed by atoms with Gasteiger partial charge in [-0.2, -0.15) is 13.2 Å². The molecule has 154 valence electrons. The van der Waals surface area contributed by atoms with Crippen molar-refractivity contribution in [1.29, 1.82) is 0 Å². The smallest absolute Gasteiger partial charge is 0.359 e. The molecule has 1 aromatic rings. The van der Waals surface area contributed by atoms with E-state index in [1.54, 1.807) is 14.1 Å². The number of aromatic nitrogens is 1. The van der Waals surface area contributed by atoms with Crippen LogP contribution in [0.4, 0.5) is 13.2 Å². The highest BCUT2D eigenvalue weighted by Crippen LogP contribution is 2.30. The van der Waals surface area contributed by atoms with E-state index < -0.39 is 11.9 Å². The summed E-state index contributed by atoms with van der Waals surface area (Å²) < 4.78 is 37.7. The topological polar surface area (TPSA) is 69.6 Å². The quantitative estimate of drug-likeness (QED) is 0.357. The van der Waals surface area contributed by atoms with Crippen molar-refractivity contribution in [3.63, 3.8) is 0 Å². The number of carbonyl (C=O) groups is 1. The zero-order chi connectivity index (χ0) is 19.2. The lowest BCUT2D eigenvalue weighted by molar-refractivity contribution is -0.140. The molecule has 0 unspecified atom stereocenters. The van der Waals surface area contributed by atoms with E-state index in [9.17, 15) is 18.0 Å². The van der Waals surface area contributed by atoms with Gasteiger partial charge < -0.3 is 15.5 Å². The first-order valence-corrected chi connectivity index (χ1v) is 9.39. The van der Waals surface area contributed by atoms with Crippen LogP contribution in [-0.4, -0.2) is 55.5 Å². The molecule has 0 bridgehead atoms. The Hall–Kier alpha value is -1.11. The third kappa shape index (κ3) is 7.43. The summed E-state index contributed by atoms with van der Waals surface area (Å²) in [7, 11) is 3.33. The second-order valence-electron chi connectivity index (χ2n) is 6.16. The Kier molecular flexibility index (Phi) is 9.77. The molecular formula is C16H25F3IN5OS. The number of halogens is 4. The van der Waals surface area contributed by atoms with Crippen LogP contribution in [0.3, 0.4) is 0 Å². The minimum atomic E-state index is -4.39. The highest BCUT2D eigenvalue weighted by molar-refractivity contribution is 14.0. The Labute approximate surface area is 178 Å². The molecule has 27 heavy (non-hydrogen) atoms. The fraction of sp³-hybridized carbons (Fsp3) is 0.688. The van der Waals surface area contributed by atoms with E-state index in [1.807, 2.05) is 0 Å². The Balaban J connectivity index is 0.00000364. The molecule has 1 fully saturated rings. The van der Waals surface area contributed by atoms with Crippen molar-refractivity contribution < 1.29 is 18.0 Å². The number of aliphatic imine (C=N–C) groups is 1. The second-order valence-corrected chi connectivity index (χ2v) is 7.10. The van der Waals surface area contributed by atoms with E-state index in [2.05, 4.69) is 25.5 Å². The number of rotatable bonds is 5. The number of guanidine groups is 1. The molecule has 0 atom stereocenters. The molecule has 2 heterocycles. The number of hydrogen-bond acceptors (Lipinski definition) is 4. The van der Waals surface area contributed by atoms with Gasteiger partial charge in [0.25, 0.3) is 0 Å². The molecule has 11 heteroatoms. The molecule has 0 spiro atoms. The number of piperidine rings is 1. The van der Waals surface area contributed by atoms with Crippen molar-refractivity contribution in [1.82, 2.24) is 20.5 Å². The van der Waals surface area contributed by atoms with Crippen LogP contribution >= 0.6 is 35.3 Å². The molecule has 2 N–H and O–H groups in total. The monoisotopic (exact) mass is 519 g/mol. The zero-order valence-electron chi connectivity index (χ0n) is 15.3. The summed E-state index contributed by atoms with van der Waals surface area (Å²) in [5.74, 6) is 1.17. The zero-order valence-corrected chi connectivity index (χ0v) is 18.5. The molecule has 1 aromatic heterocycles. The number of likely N-dealkylation sites (tertiary alicyclic amines) is 1. The lowest BCUT2D eigenvalue weighted by atomic mass is 9.93. The van der Waals surface area contributed by atoms with Gasteiger partial charge in [-0.15, -0.1) is 35.3 Å². The Bertz CT molecular complexity index is 630. The van der Waals surface area contributed by atoms with Gasteiger partial charge in [-0.1, -0.05) is 0 Å². The molecule has 1 aliphatic heterocycles. The molecule has 0 aliphatic carbocycles. The van der Waals surface area contributed by atoms with E-state index in [0.717, 1.165) is 48.6 Å². The third-order valence-electron chi connectivity index (χ3n) is 4.34. The molecule has 1 saturated heterocycles. The number of nitrogens with zero attached hydrogens (tertiary/aromatic N) is 3. The molecule has 0 aromatic carbocycles. The third-order valence-corrected chi connectivity index (χ3v) is 5.25. The van der Waals surface area contributed by atoms with Crippen molar-refractivity contribution in [2.24, 2.45) is 10.9 Å². The van der Waals surface area contributed by atoms with Crippen LogP contribution in [0.15, 0.2) is 10.4 Å². The van der Waals surface area contributed by atoms with E-state index >= 15 is 0 Å². The minimum Gasteiger partial charge on any atom is -0.359 e. The summed E-state index contributed by atoms with van der Waals surface area (Å²) in [4.78, 5) is 21.4. The number of thiazole rings is 1. The summed E-state index contributed by atoms with van der Waals surface area (Å²) in [6.45, 7) is 2.07. The van der Waals surface area contributed by atoms with Crippen molar-refractivity contribution in [2.45, 2.75) is 31.9 Å². The second kappa shape index (κ2) is 11.0. The summed E-state index contributed by atoms with van der Waals surface area (Å²) >= 11 is 1.02. The summed E-state index contributed by atoms with van der Waals surface area (Å²) in [6, 6.07) is 0. The molecule has 2 rings (SSSR count). The first-order valence-electron chi connectivity index (χ1n) is 8.51. The predicted octanol–water partition coefficient (Wildman–Crippen LogP) is 2.75. The number of carbonyl (C=O) groups excluding carboxylic acids is 1. The van der Waals surface area contributed by atoms with Crippen molar-refractivity contribution >= 4 is 47.2 Å². The summed E-state index contributed by atoms with van der Waals surface area (Å²) in [6.07, 6.45) is -1.61. The molecule has 0 radical (unpaired) electrons. The Morgan fingerprint density at radius 2 is 2.07 bits per heavy atom. The highest BCUT2D eigenvalue weighted by atomic mass is 127. The van der Waals surface area contributed by atoms with Gasteiger partial charge in [-0.05, 0) is 18.8 Å². The van der Waals surface area contributed by atoms with Gasteiger partial charge in [0, 0.05) is 52.0 Å². The lowest BCUT2D eigenvalue weighted by Crippen LogP contribution is -2.46. The van der Waals surface area contributed by atoms with Crippen LogP contribution in [0, 0.1) is 5.92 Å². The van der Waals surface area contributed by atoms with E-state index in [4.69, 9.17) is 0 Å². The largest absolute Gasteiger partial charge is 0.434 e.